The molecule has 1 fully saturated rings. The molecule has 0 spiro atoms. The Morgan fingerprint density at radius 3 is 2.37 bits per heavy atom. The Balaban J connectivity index is 1.41. The lowest BCUT2D eigenvalue weighted by Crippen LogP contribution is -2.53. The fourth-order valence-electron chi connectivity index (χ4n) is 3.94. The van der Waals surface area contributed by atoms with Crippen LogP contribution >= 0.6 is 0 Å². The summed E-state index contributed by atoms with van der Waals surface area (Å²) in [4.78, 5) is 14.9. The summed E-state index contributed by atoms with van der Waals surface area (Å²) in [6, 6.07) is 15.4. The maximum absolute atomic E-state index is 13.0. The van der Waals surface area contributed by atoms with E-state index in [2.05, 4.69) is 0 Å². The number of carbonyl (C=O) groups excluding carboxylic acids is 1. The van der Waals surface area contributed by atoms with Crippen LogP contribution in [0.2, 0.25) is 0 Å². The summed E-state index contributed by atoms with van der Waals surface area (Å²) in [6.45, 7) is 5.43. The quantitative estimate of drug-likeness (QED) is 0.604. The molecule has 0 bridgehead atoms. The van der Waals surface area contributed by atoms with Gasteiger partial charge in [0.25, 0.3) is 5.91 Å². The Kier molecular flexibility index (Phi) is 5.58. The molecule has 7 heteroatoms. The molecule has 0 radical (unpaired) electrons. The average molecular weight is 425 g/mol. The molecule has 0 saturated carbocycles. The predicted molar refractivity (Wildman–Crippen MR) is 115 cm³/mol. The summed E-state index contributed by atoms with van der Waals surface area (Å²) in [5, 5.41) is 2.21. The normalized spacial score (nSPS) is 15.5. The summed E-state index contributed by atoms with van der Waals surface area (Å²) < 4.78 is 29.4. The molecule has 0 atom stereocenters. The number of nitrogens with zero attached hydrogens (tertiary/aromatic N) is 3. The maximum Gasteiger partial charge on any atom is 0.288 e. The molecule has 3 aromatic rings. The smallest absolute Gasteiger partial charge is 0.288 e. The van der Waals surface area contributed by atoms with Gasteiger partial charge < -0.3 is 4.90 Å². The molecule has 156 valence electrons. The number of sulfonamides is 1. The largest absolute Gasteiger partial charge is 0.335 e. The van der Waals surface area contributed by atoms with Gasteiger partial charge in [-0.15, -0.1) is 0 Å². The molecule has 1 amide bonds. The number of carbonyl (C=O) groups is 1. The number of aromatic nitrogens is 1. The van der Waals surface area contributed by atoms with Crippen molar-refractivity contribution >= 4 is 26.7 Å². The second-order valence-corrected chi connectivity index (χ2v) is 9.71. The van der Waals surface area contributed by atoms with E-state index in [1.807, 2.05) is 73.3 Å². The van der Waals surface area contributed by atoms with Crippen molar-refractivity contribution in [2.24, 2.45) is 0 Å². The first-order valence-corrected chi connectivity index (χ1v) is 11.5. The van der Waals surface area contributed by atoms with Crippen molar-refractivity contribution in [1.29, 1.82) is 0 Å². The van der Waals surface area contributed by atoms with E-state index in [0.717, 1.165) is 21.9 Å². The molecular formula is C23H26N3O3S+. The number of pyridine rings is 1. The summed E-state index contributed by atoms with van der Waals surface area (Å²) in [5.41, 5.74) is 1.79. The van der Waals surface area contributed by atoms with Crippen LogP contribution in [-0.4, -0.2) is 49.7 Å². The third-order valence-electron chi connectivity index (χ3n) is 5.60. The first-order chi connectivity index (χ1) is 14.3. The third kappa shape index (κ3) is 4.08. The van der Waals surface area contributed by atoms with Gasteiger partial charge in [0, 0.05) is 37.6 Å². The van der Waals surface area contributed by atoms with Crippen LogP contribution < -0.4 is 4.57 Å². The monoisotopic (exact) mass is 424 g/mol. The number of piperazine rings is 1. The molecule has 0 unspecified atom stereocenters. The molecular weight excluding hydrogens is 398 g/mol. The number of aryl methyl sites for hydroxylation is 2. The fourth-order valence-corrected chi connectivity index (χ4v) is 5.57. The number of amides is 1. The van der Waals surface area contributed by atoms with Crippen LogP contribution in [-0.2, 0) is 21.4 Å². The Morgan fingerprint density at radius 2 is 1.67 bits per heavy atom. The lowest BCUT2D eigenvalue weighted by molar-refractivity contribution is -0.683. The summed E-state index contributed by atoms with van der Waals surface area (Å²) in [5.74, 6) is -0.00107. The number of benzene rings is 2. The minimum Gasteiger partial charge on any atom is -0.335 e. The third-order valence-corrected chi connectivity index (χ3v) is 7.66. The van der Waals surface area contributed by atoms with E-state index >= 15 is 0 Å². The van der Waals surface area contributed by atoms with Crippen molar-refractivity contribution in [1.82, 2.24) is 9.21 Å². The highest BCUT2D eigenvalue weighted by atomic mass is 32.2. The zero-order valence-electron chi connectivity index (χ0n) is 17.3. The topological polar surface area (TPSA) is 61.6 Å². The highest BCUT2D eigenvalue weighted by Gasteiger charge is 2.31. The van der Waals surface area contributed by atoms with Gasteiger partial charge in [-0.2, -0.15) is 8.87 Å². The van der Waals surface area contributed by atoms with E-state index in [1.54, 1.807) is 11.0 Å². The Hall–Kier alpha value is -2.77. The zero-order valence-corrected chi connectivity index (χ0v) is 18.1. The van der Waals surface area contributed by atoms with Crippen molar-refractivity contribution in [2.75, 3.05) is 26.2 Å². The molecule has 1 aliphatic heterocycles. The molecule has 0 aliphatic carbocycles. The van der Waals surface area contributed by atoms with Crippen LogP contribution in [0.5, 0.6) is 0 Å². The van der Waals surface area contributed by atoms with E-state index in [0.29, 0.717) is 31.1 Å². The van der Waals surface area contributed by atoms with Crippen LogP contribution in [0.3, 0.4) is 0 Å². The van der Waals surface area contributed by atoms with Gasteiger partial charge in [0.05, 0.1) is 4.90 Å². The second kappa shape index (κ2) is 8.16. The van der Waals surface area contributed by atoms with E-state index in [9.17, 15) is 13.2 Å². The van der Waals surface area contributed by atoms with Gasteiger partial charge in [-0.3, -0.25) is 4.79 Å². The summed E-state index contributed by atoms with van der Waals surface area (Å²) in [6.07, 6.45) is 3.87. The van der Waals surface area contributed by atoms with Gasteiger partial charge in [0.2, 0.25) is 16.6 Å². The Bertz CT molecular complexity index is 1200. The molecule has 0 N–H and O–H groups in total. The molecule has 30 heavy (non-hydrogen) atoms. The van der Waals surface area contributed by atoms with Crippen molar-refractivity contribution in [3.8, 4) is 0 Å². The molecule has 6 nitrogen and oxygen atoms in total. The first kappa shape index (κ1) is 20.5. The summed E-state index contributed by atoms with van der Waals surface area (Å²) in [7, 11) is -3.55. The van der Waals surface area contributed by atoms with Crippen LogP contribution in [0.1, 0.15) is 11.1 Å². The number of fused-ring (bicyclic) bond motifs is 1. The average Bonchev–Trinajstić information content (AvgIpc) is 2.73. The first-order valence-electron chi connectivity index (χ1n) is 10.1. The fraction of sp³-hybridized carbons (Fsp3) is 0.304. The van der Waals surface area contributed by atoms with Gasteiger partial charge >= 0.3 is 0 Å². The second-order valence-electron chi connectivity index (χ2n) is 7.80. The lowest BCUT2D eigenvalue weighted by Gasteiger charge is -2.33. The Labute approximate surface area is 177 Å². The van der Waals surface area contributed by atoms with Crippen molar-refractivity contribution < 1.29 is 17.8 Å². The van der Waals surface area contributed by atoms with Crippen molar-refractivity contribution in [2.45, 2.75) is 25.3 Å². The van der Waals surface area contributed by atoms with Gasteiger partial charge in [0.15, 0.2) is 12.4 Å². The van der Waals surface area contributed by atoms with E-state index in [-0.39, 0.29) is 12.5 Å². The van der Waals surface area contributed by atoms with Crippen molar-refractivity contribution in [3.05, 3.63) is 72.1 Å². The predicted octanol–water partition coefficient (Wildman–Crippen LogP) is 2.28. The molecule has 2 aromatic carbocycles. The Morgan fingerprint density at radius 1 is 0.967 bits per heavy atom. The minimum absolute atomic E-state index is 0.00107. The zero-order chi connectivity index (χ0) is 21.3. The van der Waals surface area contributed by atoms with Crippen LogP contribution in [0, 0.1) is 13.8 Å². The number of hydrogen-bond donors (Lipinski definition) is 0. The number of rotatable bonds is 4. The van der Waals surface area contributed by atoms with Crippen LogP contribution in [0.15, 0.2) is 65.8 Å². The highest BCUT2D eigenvalue weighted by Crippen LogP contribution is 2.22. The van der Waals surface area contributed by atoms with E-state index in [4.69, 9.17) is 0 Å². The summed E-state index contributed by atoms with van der Waals surface area (Å²) >= 11 is 0. The minimum atomic E-state index is -3.55. The van der Waals surface area contributed by atoms with Gasteiger partial charge in [-0.1, -0.05) is 35.9 Å². The standard InChI is InChI=1S/C23H26N3O3S/c1-18-7-8-22(19(2)15-18)30(28,29)26-13-11-25(12-14-26)23(27)17-24-10-9-20-5-3-4-6-21(20)16-24/h3-10,15-16H,11-14,17H2,1-2H3/q+1. The van der Waals surface area contributed by atoms with E-state index in [1.165, 1.54) is 4.31 Å². The van der Waals surface area contributed by atoms with Gasteiger partial charge in [-0.25, -0.2) is 8.42 Å². The highest BCUT2D eigenvalue weighted by molar-refractivity contribution is 7.89. The molecule has 1 aromatic heterocycles. The van der Waals surface area contributed by atoms with Crippen LogP contribution in [0.25, 0.3) is 10.8 Å². The lowest BCUT2D eigenvalue weighted by atomic mass is 10.2. The van der Waals surface area contributed by atoms with E-state index < -0.39 is 10.0 Å². The molecule has 2 heterocycles. The SMILES string of the molecule is Cc1ccc(S(=O)(=O)N2CCN(C(=O)C[n+]3ccc4ccccc4c3)CC2)c(C)c1. The van der Waals surface area contributed by atoms with Crippen LogP contribution in [0.4, 0.5) is 0 Å². The van der Waals surface area contributed by atoms with Crippen molar-refractivity contribution in [3.63, 3.8) is 0 Å². The molecule has 1 saturated heterocycles. The molecule has 4 rings (SSSR count). The molecule has 1 aliphatic rings. The maximum atomic E-state index is 13.0. The number of hydrogen-bond acceptors (Lipinski definition) is 3. The van der Waals surface area contributed by atoms with Gasteiger partial charge in [0.1, 0.15) is 0 Å². The van der Waals surface area contributed by atoms with Gasteiger partial charge in [-0.05, 0) is 36.9 Å².